The number of aromatic nitrogens is 1. The molecular formula is C16H27N3. The van der Waals surface area contributed by atoms with E-state index in [0.29, 0.717) is 0 Å². The normalized spacial score (nSPS) is 18.7. The predicted octanol–water partition coefficient (Wildman–Crippen LogP) is 3.13. The van der Waals surface area contributed by atoms with E-state index in [1.165, 1.54) is 37.7 Å². The molecule has 0 spiro atoms. The van der Waals surface area contributed by atoms with Gasteiger partial charge < -0.3 is 10.6 Å². The summed E-state index contributed by atoms with van der Waals surface area (Å²) in [6.07, 6.45) is 10.7. The Morgan fingerprint density at radius 2 is 1.84 bits per heavy atom. The van der Waals surface area contributed by atoms with Gasteiger partial charge >= 0.3 is 0 Å². The average molecular weight is 261 g/mol. The van der Waals surface area contributed by atoms with Crippen molar-refractivity contribution in [3.05, 3.63) is 23.9 Å². The van der Waals surface area contributed by atoms with Gasteiger partial charge in [-0.05, 0) is 37.3 Å². The lowest BCUT2D eigenvalue weighted by molar-refractivity contribution is 0.553. The van der Waals surface area contributed by atoms with Gasteiger partial charge in [0.2, 0.25) is 0 Å². The van der Waals surface area contributed by atoms with E-state index >= 15 is 0 Å². The fourth-order valence-electron chi connectivity index (χ4n) is 2.65. The van der Waals surface area contributed by atoms with Crippen LogP contribution in [0.2, 0.25) is 0 Å². The molecule has 1 fully saturated rings. The minimum absolute atomic E-state index is 0.259. The molecule has 1 aromatic rings. The van der Waals surface area contributed by atoms with E-state index in [-0.39, 0.29) is 6.04 Å². The predicted molar refractivity (Wildman–Crippen MR) is 81.5 cm³/mol. The Labute approximate surface area is 117 Å². The summed E-state index contributed by atoms with van der Waals surface area (Å²) in [5.41, 5.74) is 7.24. The van der Waals surface area contributed by atoms with Gasteiger partial charge in [0.1, 0.15) is 5.82 Å². The van der Waals surface area contributed by atoms with Crippen molar-refractivity contribution >= 4 is 5.82 Å². The maximum absolute atomic E-state index is 5.99. The van der Waals surface area contributed by atoms with Gasteiger partial charge in [-0.25, -0.2) is 4.98 Å². The smallest absolute Gasteiger partial charge is 0.128 e. The van der Waals surface area contributed by atoms with E-state index in [4.69, 9.17) is 5.73 Å². The van der Waals surface area contributed by atoms with Gasteiger partial charge in [-0.2, -0.15) is 0 Å². The van der Waals surface area contributed by atoms with Crippen LogP contribution in [0.3, 0.4) is 0 Å². The third-order valence-electron chi connectivity index (χ3n) is 4.01. The molecule has 2 N–H and O–H groups in total. The van der Waals surface area contributed by atoms with Gasteiger partial charge in [-0.3, -0.25) is 0 Å². The Morgan fingerprint density at radius 3 is 2.42 bits per heavy atom. The van der Waals surface area contributed by atoms with Crippen molar-refractivity contribution in [2.24, 2.45) is 5.73 Å². The number of anilines is 1. The fourth-order valence-corrected chi connectivity index (χ4v) is 2.65. The van der Waals surface area contributed by atoms with E-state index in [2.05, 4.69) is 28.9 Å². The van der Waals surface area contributed by atoms with E-state index in [1.807, 2.05) is 6.20 Å². The zero-order valence-electron chi connectivity index (χ0n) is 12.1. The Bertz CT molecular complexity index is 353. The van der Waals surface area contributed by atoms with Crippen LogP contribution >= 0.6 is 0 Å². The highest BCUT2D eigenvalue weighted by Crippen LogP contribution is 2.17. The fraction of sp³-hybridized carbons (Fsp3) is 0.688. The van der Waals surface area contributed by atoms with E-state index in [1.54, 1.807) is 0 Å². The highest BCUT2D eigenvalue weighted by molar-refractivity contribution is 5.39. The first-order valence-electron chi connectivity index (χ1n) is 7.75. The van der Waals surface area contributed by atoms with Crippen LogP contribution in [-0.4, -0.2) is 24.1 Å². The van der Waals surface area contributed by atoms with E-state index in [0.717, 1.165) is 31.7 Å². The molecule has 1 saturated heterocycles. The van der Waals surface area contributed by atoms with Gasteiger partial charge in [-0.15, -0.1) is 0 Å². The van der Waals surface area contributed by atoms with Crippen LogP contribution in [-0.2, 0) is 6.42 Å². The van der Waals surface area contributed by atoms with Crippen molar-refractivity contribution in [1.29, 1.82) is 0 Å². The molecular weight excluding hydrogens is 234 g/mol. The maximum Gasteiger partial charge on any atom is 0.128 e. The number of nitrogens with zero attached hydrogens (tertiary/aromatic N) is 2. The summed E-state index contributed by atoms with van der Waals surface area (Å²) < 4.78 is 0. The molecule has 2 rings (SSSR count). The number of nitrogens with two attached hydrogens (primary N) is 1. The van der Waals surface area contributed by atoms with Crippen LogP contribution in [0.1, 0.15) is 51.0 Å². The summed E-state index contributed by atoms with van der Waals surface area (Å²) in [5, 5.41) is 0. The first-order chi connectivity index (χ1) is 9.29. The lowest BCUT2D eigenvalue weighted by Gasteiger charge is -2.25. The van der Waals surface area contributed by atoms with Gasteiger partial charge in [0.25, 0.3) is 0 Å². The molecule has 0 bridgehead atoms. The Hall–Kier alpha value is -1.09. The van der Waals surface area contributed by atoms with Crippen LogP contribution in [0.25, 0.3) is 0 Å². The van der Waals surface area contributed by atoms with Crippen LogP contribution in [0.5, 0.6) is 0 Å². The third-order valence-corrected chi connectivity index (χ3v) is 4.01. The van der Waals surface area contributed by atoms with Crippen molar-refractivity contribution in [3.8, 4) is 0 Å². The quantitative estimate of drug-likeness (QED) is 0.905. The lowest BCUT2D eigenvalue weighted by Crippen LogP contribution is -2.28. The highest BCUT2D eigenvalue weighted by atomic mass is 15.2. The molecule has 1 aliphatic heterocycles. The molecule has 1 aliphatic rings. The number of hydrogen-bond donors (Lipinski definition) is 1. The molecule has 0 aromatic carbocycles. The van der Waals surface area contributed by atoms with Crippen LogP contribution in [0.4, 0.5) is 5.82 Å². The molecule has 1 unspecified atom stereocenters. The van der Waals surface area contributed by atoms with Crippen LogP contribution < -0.4 is 10.6 Å². The lowest BCUT2D eigenvalue weighted by atomic mass is 10.1. The summed E-state index contributed by atoms with van der Waals surface area (Å²) in [7, 11) is 0. The first kappa shape index (κ1) is 14.3. The maximum atomic E-state index is 5.99. The molecule has 0 saturated carbocycles. The summed E-state index contributed by atoms with van der Waals surface area (Å²) in [4.78, 5) is 7.07. The molecule has 0 radical (unpaired) electrons. The van der Waals surface area contributed by atoms with E-state index in [9.17, 15) is 0 Å². The van der Waals surface area contributed by atoms with Crippen molar-refractivity contribution < 1.29 is 0 Å². The number of hydrogen-bond acceptors (Lipinski definition) is 3. The molecule has 3 heteroatoms. The SMILES string of the molecule is CCC(N)Cc1ccc(N2CCCCCCC2)nc1. The largest absolute Gasteiger partial charge is 0.357 e. The van der Waals surface area contributed by atoms with Crippen molar-refractivity contribution in [1.82, 2.24) is 4.98 Å². The Kier molecular flexibility index (Phi) is 5.64. The summed E-state index contributed by atoms with van der Waals surface area (Å²) in [6.45, 7) is 4.44. The Balaban J connectivity index is 1.96. The molecule has 1 atom stereocenters. The summed E-state index contributed by atoms with van der Waals surface area (Å²) in [5.74, 6) is 1.13. The number of rotatable bonds is 4. The second-order valence-corrected chi connectivity index (χ2v) is 5.65. The Morgan fingerprint density at radius 1 is 1.16 bits per heavy atom. The third kappa shape index (κ3) is 4.50. The molecule has 106 valence electrons. The second-order valence-electron chi connectivity index (χ2n) is 5.65. The van der Waals surface area contributed by atoms with Gasteiger partial charge in [0.05, 0.1) is 0 Å². The minimum atomic E-state index is 0.259. The molecule has 2 heterocycles. The zero-order valence-corrected chi connectivity index (χ0v) is 12.1. The molecule has 19 heavy (non-hydrogen) atoms. The average Bonchev–Trinajstić information content (AvgIpc) is 2.39. The summed E-state index contributed by atoms with van der Waals surface area (Å²) >= 11 is 0. The van der Waals surface area contributed by atoms with Crippen molar-refractivity contribution in [2.75, 3.05) is 18.0 Å². The zero-order chi connectivity index (χ0) is 13.5. The van der Waals surface area contributed by atoms with Crippen molar-refractivity contribution in [3.63, 3.8) is 0 Å². The topological polar surface area (TPSA) is 42.1 Å². The molecule has 0 aliphatic carbocycles. The minimum Gasteiger partial charge on any atom is -0.357 e. The molecule has 0 amide bonds. The monoisotopic (exact) mass is 261 g/mol. The van der Waals surface area contributed by atoms with Crippen LogP contribution in [0, 0.1) is 0 Å². The molecule has 1 aromatic heterocycles. The van der Waals surface area contributed by atoms with Crippen molar-refractivity contribution in [2.45, 2.75) is 57.9 Å². The highest BCUT2D eigenvalue weighted by Gasteiger charge is 2.10. The first-order valence-corrected chi connectivity index (χ1v) is 7.75. The second kappa shape index (κ2) is 7.49. The van der Waals surface area contributed by atoms with Gasteiger partial charge in [-0.1, -0.05) is 32.3 Å². The standard InChI is InChI=1S/C16H27N3/c1-2-15(17)12-14-8-9-16(18-13-14)19-10-6-4-3-5-7-11-19/h8-9,13,15H,2-7,10-12,17H2,1H3. The number of pyridine rings is 1. The van der Waals surface area contributed by atoms with Gasteiger partial charge in [0, 0.05) is 25.3 Å². The molecule has 3 nitrogen and oxygen atoms in total. The van der Waals surface area contributed by atoms with Gasteiger partial charge in [0.15, 0.2) is 0 Å². The van der Waals surface area contributed by atoms with Crippen LogP contribution in [0.15, 0.2) is 18.3 Å². The van der Waals surface area contributed by atoms with E-state index < -0.39 is 0 Å². The summed E-state index contributed by atoms with van der Waals surface area (Å²) in [6, 6.07) is 4.62.